The van der Waals surface area contributed by atoms with Gasteiger partial charge in [0.1, 0.15) is 77.6 Å². The predicted octanol–water partition coefficient (Wildman–Crippen LogP) is 0.136. The summed E-state index contributed by atoms with van der Waals surface area (Å²) in [4.78, 5) is 19.3. The second-order valence-electron chi connectivity index (χ2n) is 14.1. The molecule has 10 atom stereocenters. The lowest BCUT2D eigenvalue weighted by molar-refractivity contribution is -0.277. The van der Waals surface area contributed by atoms with E-state index < -0.39 is 74.6 Å². The van der Waals surface area contributed by atoms with Gasteiger partial charge in [-0.1, -0.05) is 12.1 Å². The molecule has 3 aromatic heterocycles. The summed E-state index contributed by atoms with van der Waals surface area (Å²) in [5.74, 6) is 1.13. The van der Waals surface area contributed by atoms with Crippen LogP contribution in [-0.4, -0.2) is 152 Å². The Morgan fingerprint density at radius 2 is 1.08 bits per heavy atom. The third kappa shape index (κ3) is 8.57. The van der Waals surface area contributed by atoms with Gasteiger partial charge in [0.05, 0.1) is 13.2 Å². The van der Waals surface area contributed by atoms with Crippen LogP contribution in [0.25, 0.3) is 21.8 Å². The van der Waals surface area contributed by atoms with Gasteiger partial charge in [-0.25, -0.2) is 0 Å². The van der Waals surface area contributed by atoms with Gasteiger partial charge in [0.15, 0.2) is 0 Å². The quantitative estimate of drug-likeness (QED) is 0.0694. The zero-order valence-electron chi connectivity index (χ0n) is 31.3. The largest absolute Gasteiger partial charge is 0.508 e. The average Bonchev–Trinajstić information content (AvgIpc) is 3.84. The number of aliphatic hydroxyl groups excluding tert-OH is 8. The third-order valence-corrected chi connectivity index (χ3v) is 10.1. The van der Waals surface area contributed by atoms with Crippen LogP contribution in [0.2, 0.25) is 0 Å². The van der Waals surface area contributed by atoms with Gasteiger partial charge < -0.3 is 89.7 Å². The summed E-state index contributed by atoms with van der Waals surface area (Å²) in [5, 5.41) is 94.8. The monoisotopic (exact) mass is 834 g/mol. The van der Waals surface area contributed by atoms with E-state index in [4.69, 9.17) is 28.4 Å². The summed E-state index contributed by atoms with van der Waals surface area (Å²) < 4.78 is 35.0. The Morgan fingerprint density at radius 3 is 1.55 bits per heavy atom. The Bertz CT molecular complexity index is 2260. The van der Waals surface area contributed by atoms with Crippen LogP contribution in [0.4, 0.5) is 5.95 Å². The van der Waals surface area contributed by atoms with Gasteiger partial charge in [-0.05, 0) is 60.5 Å². The maximum atomic E-state index is 10.5. The van der Waals surface area contributed by atoms with E-state index in [0.717, 1.165) is 5.56 Å². The molecule has 21 nitrogen and oxygen atoms in total. The molecule has 2 saturated heterocycles. The highest BCUT2D eigenvalue weighted by molar-refractivity contribution is 5.88. The molecule has 2 aliphatic heterocycles. The van der Waals surface area contributed by atoms with Gasteiger partial charge in [0, 0.05) is 40.7 Å². The molecule has 8 rings (SSSR count). The number of ether oxygens (including phenoxy) is 6. The molecule has 5 heterocycles. The number of H-pyrrole nitrogens is 2. The first-order chi connectivity index (χ1) is 29.0. The fourth-order valence-electron chi connectivity index (χ4n) is 6.75. The molecule has 0 saturated carbocycles. The molecule has 318 valence electrons. The van der Waals surface area contributed by atoms with Gasteiger partial charge >= 0.3 is 12.0 Å². The summed E-state index contributed by atoms with van der Waals surface area (Å²) in [6.07, 6.45) is -11.3. The van der Waals surface area contributed by atoms with Crippen molar-refractivity contribution in [1.82, 2.24) is 24.9 Å². The number of aromatic nitrogens is 5. The Hall–Kier alpha value is -5.85. The number of phenolic OH excluding ortho intramolecular Hbond substituents is 1. The number of nitrogens with one attached hydrogen (secondary N) is 3. The Morgan fingerprint density at radius 1 is 0.600 bits per heavy atom. The summed E-state index contributed by atoms with van der Waals surface area (Å²) in [6.45, 7) is -0.872. The van der Waals surface area contributed by atoms with Crippen molar-refractivity contribution in [3.05, 3.63) is 78.6 Å². The van der Waals surface area contributed by atoms with Gasteiger partial charge in [-0.3, -0.25) is 0 Å². The standard InChI is InChI=1S/C39H42N6O15/c46-15-27-29(49)31(51)33(53)35(59-27)57-25-13-41-23-7-5-19(11-21(23)25)55-38-43-37(40-10-9-17-1-3-18(48)4-2-17)44-39(45-38)56-20-6-8-24-22(12-20)26(14-42-24)58-36-34(54)32(52)30(50)28(16-47)60-36/h1-8,11-14,27-36,41-42,46-54H,9-10,15-16H2,(H,40,43,44,45)/t27-,28-,29-,30-,31+,32+,33-,34-,35-,36-/m1/s1. The fourth-order valence-corrected chi connectivity index (χ4v) is 6.75. The second kappa shape index (κ2) is 17.4. The van der Waals surface area contributed by atoms with Crippen molar-refractivity contribution < 1.29 is 74.4 Å². The minimum atomic E-state index is -1.63. The van der Waals surface area contributed by atoms with Crippen LogP contribution in [0, 0.1) is 0 Å². The highest BCUT2D eigenvalue weighted by Crippen LogP contribution is 2.36. The van der Waals surface area contributed by atoms with E-state index in [2.05, 4.69) is 30.2 Å². The van der Waals surface area contributed by atoms with E-state index in [1.54, 1.807) is 60.7 Å². The van der Waals surface area contributed by atoms with Crippen molar-refractivity contribution in [1.29, 1.82) is 0 Å². The molecule has 21 heteroatoms. The molecule has 3 aromatic carbocycles. The molecular formula is C39H42N6O15. The number of aromatic hydroxyl groups is 1. The van der Waals surface area contributed by atoms with Crippen LogP contribution >= 0.6 is 0 Å². The molecule has 0 amide bonds. The van der Waals surface area contributed by atoms with Crippen molar-refractivity contribution in [2.45, 2.75) is 67.8 Å². The number of benzene rings is 3. The Kier molecular flexibility index (Phi) is 11.9. The molecule has 2 fully saturated rings. The summed E-state index contributed by atoms with van der Waals surface area (Å²) in [5.41, 5.74) is 2.15. The SMILES string of the molecule is OC[C@H]1O[C@@H](Oc2c[nH]c3ccc(Oc4nc(NCCc5ccc(O)cc5)nc(Oc5ccc6[nH]cc(O[C@@H]7O[C@H](CO)[C@@H](O)[C@H](O)[C@H]7O)c6c5)n4)cc23)[C@H](O)[C@@H](O)[C@@H]1O. The van der Waals surface area contributed by atoms with Gasteiger partial charge in [-0.2, -0.15) is 9.97 Å². The lowest BCUT2D eigenvalue weighted by atomic mass is 9.99. The molecule has 0 radical (unpaired) electrons. The van der Waals surface area contributed by atoms with Crippen LogP contribution in [0.5, 0.6) is 40.8 Å². The zero-order valence-corrected chi connectivity index (χ0v) is 31.3. The van der Waals surface area contributed by atoms with Gasteiger partial charge in [-0.15, -0.1) is 4.98 Å². The van der Waals surface area contributed by atoms with Crippen LogP contribution in [0.15, 0.2) is 73.1 Å². The summed E-state index contributed by atoms with van der Waals surface area (Å²) in [6, 6.07) is 16.2. The Balaban J connectivity index is 1.04. The molecule has 0 bridgehead atoms. The van der Waals surface area contributed by atoms with Crippen molar-refractivity contribution >= 4 is 27.8 Å². The van der Waals surface area contributed by atoms with Crippen molar-refractivity contribution in [3.8, 4) is 40.8 Å². The number of fused-ring (bicyclic) bond motifs is 2. The molecule has 0 unspecified atom stereocenters. The molecular weight excluding hydrogens is 792 g/mol. The second-order valence-corrected chi connectivity index (χ2v) is 14.1. The van der Waals surface area contributed by atoms with E-state index in [1.165, 1.54) is 12.4 Å². The number of hydrogen-bond acceptors (Lipinski definition) is 19. The minimum Gasteiger partial charge on any atom is -0.508 e. The maximum absolute atomic E-state index is 10.5. The lowest BCUT2D eigenvalue weighted by Gasteiger charge is -2.39. The van der Waals surface area contributed by atoms with E-state index in [-0.39, 0.29) is 46.7 Å². The van der Waals surface area contributed by atoms with Gasteiger partial charge in [0.2, 0.25) is 18.5 Å². The first kappa shape index (κ1) is 40.9. The van der Waals surface area contributed by atoms with E-state index in [9.17, 15) is 46.0 Å². The van der Waals surface area contributed by atoms with Crippen LogP contribution < -0.4 is 24.3 Å². The van der Waals surface area contributed by atoms with E-state index >= 15 is 0 Å². The number of aromatic amines is 2. The molecule has 60 heavy (non-hydrogen) atoms. The maximum Gasteiger partial charge on any atom is 0.330 e. The number of aliphatic hydroxyl groups is 8. The highest BCUT2D eigenvalue weighted by atomic mass is 16.7. The van der Waals surface area contributed by atoms with E-state index in [0.29, 0.717) is 34.8 Å². The number of nitrogens with zero attached hydrogens (tertiary/aromatic N) is 3. The van der Waals surface area contributed by atoms with Crippen molar-refractivity contribution in [3.63, 3.8) is 0 Å². The number of phenols is 1. The Labute approximate surface area is 339 Å². The summed E-state index contributed by atoms with van der Waals surface area (Å²) in [7, 11) is 0. The van der Waals surface area contributed by atoms with Crippen molar-refractivity contribution in [2.75, 3.05) is 25.1 Å². The topological polar surface area (TPSA) is 320 Å². The number of rotatable bonds is 14. The molecule has 0 spiro atoms. The number of hydrogen-bond donors (Lipinski definition) is 12. The average molecular weight is 835 g/mol. The fraction of sp³-hybridized carbons (Fsp3) is 0.359. The summed E-state index contributed by atoms with van der Waals surface area (Å²) >= 11 is 0. The predicted molar refractivity (Wildman–Crippen MR) is 206 cm³/mol. The highest BCUT2D eigenvalue weighted by Gasteiger charge is 2.46. The van der Waals surface area contributed by atoms with Gasteiger partial charge in [0.25, 0.3) is 0 Å². The lowest BCUT2D eigenvalue weighted by Crippen LogP contribution is -2.60. The molecule has 0 aliphatic carbocycles. The first-order valence-electron chi connectivity index (χ1n) is 18.8. The minimum absolute atomic E-state index is 0.0949. The zero-order chi connectivity index (χ0) is 42.1. The molecule has 2 aliphatic rings. The first-order valence-corrected chi connectivity index (χ1v) is 18.8. The smallest absolute Gasteiger partial charge is 0.330 e. The molecule has 6 aromatic rings. The van der Waals surface area contributed by atoms with Crippen molar-refractivity contribution in [2.24, 2.45) is 0 Å². The van der Waals surface area contributed by atoms with Crippen LogP contribution in [0.1, 0.15) is 5.56 Å². The van der Waals surface area contributed by atoms with E-state index in [1.807, 2.05) is 0 Å². The van der Waals surface area contributed by atoms with Crippen LogP contribution in [-0.2, 0) is 15.9 Å². The normalized spacial score (nSPS) is 26.9. The molecule has 12 N–H and O–H groups in total. The number of anilines is 1. The third-order valence-electron chi connectivity index (χ3n) is 10.1. The van der Waals surface area contributed by atoms with Crippen LogP contribution in [0.3, 0.4) is 0 Å².